The maximum absolute atomic E-state index is 3.68. The molecular formula is C16H26N2. The quantitative estimate of drug-likeness (QED) is 0.754. The summed E-state index contributed by atoms with van der Waals surface area (Å²) in [7, 11) is 0. The molecule has 2 rings (SSSR count). The second kappa shape index (κ2) is 7.55. The molecule has 1 aromatic rings. The average molecular weight is 246 g/mol. The Morgan fingerprint density at radius 2 is 2.00 bits per heavy atom. The topological polar surface area (TPSA) is 24.1 Å². The summed E-state index contributed by atoms with van der Waals surface area (Å²) in [6.07, 6.45) is 5.10. The molecule has 1 aromatic carbocycles. The van der Waals surface area contributed by atoms with Gasteiger partial charge in [-0.05, 0) is 50.3 Å². The predicted molar refractivity (Wildman–Crippen MR) is 77.8 cm³/mol. The van der Waals surface area contributed by atoms with Gasteiger partial charge in [0.1, 0.15) is 0 Å². The van der Waals surface area contributed by atoms with E-state index in [2.05, 4.69) is 47.9 Å². The number of aryl methyl sites for hydroxylation is 1. The summed E-state index contributed by atoms with van der Waals surface area (Å²) in [5, 5.41) is 7.16. The Balaban J connectivity index is 1.53. The molecule has 0 aliphatic carbocycles. The molecule has 18 heavy (non-hydrogen) atoms. The third-order valence-electron chi connectivity index (χ3n) is 3.74. The van der Waals surface area contributed by atoms with E-state index in [4.69, 9.17) is 0 Å². The van der Waals surface area contributed by atoms with E-state index in [0.717, 1.165) is 19.0 Å². The van der Waals surface area contributed by atoms with Crippen LogP contribution in [-0.2, 0) is 6.42 Å². The lowest BCUT2D eigenvalue weighted by Gasteiger charge is -2.28. The van der Waals surface area contributed by atoms with Crippen molar-refractivity contribution in [2.75, 3.05) is 19.6 Å². The van der Waals surface area contributed by atoms with Crippen LogP contribution in [0.3, 0.4) is 0 Å². The Labute approximate surface area is 111 Å². The lowest BCUT2D eigenvalue weighted by atomic mass is 9.97. The molecule has 2 heteroatoms. The van der Waals surface area contributed by atoms with Crippen LogP contribution in [0.25, 0.3) is 0 Å². The number of hydrogen-bond acceptors (Lipinski definition) is 2. The van der Waals surface area contributed by atoms with Crippen LogP contribution in [0.4, 0.5) is 0 Å². The van der Waals surface area contributed by atoms with Crippen molar-refractivity contribution in [2.24, 2.45) is 5.92 Å². The molecule has 0 amide bonds. The fourth-order valence-electron chi connectivity index (χ4n) is 2.72. The van der Waals surface area contributed by atoms with Crippen LogP contribution < -0.4 is 10.6 Å². The molecule has 0 radical (unpaired) electrons. The Hall–Kier alpha value is -0.860. The number of unbranched alkanes of at least 4 members (excludes halogenated alkanes) is 1. The molecule has 0 spiro atoms. The van der Waals surface area contributed by atoms with Crippen LogP contribution in [0.15, 0.2) is 30.3 Å². The van der Waals surface area contributed by atoms with E-state index in [0.29, 0.717) is 6.04 Å². The largest absolute Gasteiger partial charge is 0.315 e. The summed E-state index contributed by atoms with van der Waals surface area (Å²) >= 11 is 0. The SMILES string of the molecule is CC1CNCC(NCCCCc2ccccc2)C1. The Morgan fingerprint density at radius 3 is 2.78 bits per heavy atom. The lowest BCUT2D eigenvalue weighted by Crippen LogP contribution is -2.46. The first-order chi connectivity index (χ1) is 8.84. The maximum Gasteiger partial charge on any atom is 0.0195 e. The van der Waals surface area contributed by atoms with E-state index in [1.165, 1.54) is 37.8 Å². The Kier molecular flexibility index (Phi) is 5.69. The zero-order chi connectivity index (χ0) is 12.6. The van der Waals surface area contributed by atoms with Gasteiger partial charge in [-0.1, -0.05) is 37.3 Å². The number of piperidine rings is 1. The van der Waals surface area contributed by atoms with Gasteiger partial charge in [-0.25, -0.2) is 0 Å². The Morgan fingerprint density at radius 1 is 1.17 bits per heavy atom. The van der Waals surface area contributed by atoms with E-state index >= 15 is 0 Å². The molecule has 0 saturated carbocycles. The highest BCUT2D eigenvalue weighted by Crippen LogP contribution is 2.09. The van der Waals surface area contributed by atoms with Crippen LogP contribution in [0.5, 0.6) is 0 Å². The molecule has 0 bridgehead atoms. The van der Waals surface area contributed by atoms with Crippen molar-refractivity contribution < 1.29 is 0 Å². The molecule has 2 N–H and O–H groups in total. The molecule has 0 aromatic heterocycles. The fraction of sp³-hybridized carbons (Fsp3) is 0.625. The monoisotopic (exact) mass is 246 g/mol. The van der Waals surface area contributed by atoms with Crippen molar-refractivity contribution in [1.29, 1.82) is 0 Å². The zero-order valence-corrected chi connectivity index (χ0v) is 11.5. The van der Waals surface area contributed by atoms with Crippen molar-refractivity contribution in [3.8, 4) is 0 Å². The van der Waals surface area contributed by atoms with Crippen LogP contribution >= 0.6 is 0 Å². The van der Waals surface area contributed by atoms with Gasteiger partial charge in [-0.15, -0.1) is 0 Å². The van der Waals surface area contributed by atoms with Crippen molar-refractivity contribution in [3.05, 3.63) is 35.9 Å². The van der Waals surface area contributed by atoms with E-state index < -0.39 is 0 Å². The van der Waals surface area contributed by atoms with Gasteiger partial charge in [0.15, 0.2) is 0 Å². The molecular weight excluding hydrogens is 220 g/mol. The van der Waals surface area contributed by atoms with Crippen molar-refractivity contribution >= 4 is 0 Å². The average Bonchev–Trinajstić information content (AvgIpc) is 2.40. The standard InChI is InChI=1S/C16H26N2/c1-14-11-16(13-17-12-14)18-10-6-5-9-15-7-3-2-4-8-15/h2-4,7-8,14,16-18H,5-6,9-13H2,1H3. The number of benzene rings is 1. The van der Waals surface area contributed by atoms with Crippen molar-refractivity contribution in [2.45, 2.75) is 38.6 Å². The second-order valence-electron chi connectivity index (χ2n) is 5.59. The van der Waals surface area contributed by atoms with E-state index in [9.17, 15) is 0 Å². The highest BCUT2D eigenvalue weighted by atomic mass is 15.0. The summed E-state index contributed by atoms with van der Waals surface area (Å²) < 4.78 is 0. The van der Waals surface area contributed by atoms with Crippen LogP contribution in [-0.4, -0.2) is 25.7 Å². The van der Waals surface area contributed by atoms with Gasteiger partial charge >= 0.3 is 0 Å². The highest BCUT2D eigenvalue weighted by Gasteiger charge is 2.16. The first-order valence-corrected chi connectivity index (χ1v) is 7.32. The Bertz CT molecular complexity index is 323. The van der Waals surface area contributed by atoms with E-state index in [1.807, 2.05) is 0 Å². The second-order valence-corrected chi connectivity index (χ2v) is 5.59. The molecule has 100 valence electrons. The zero-order valence-electron chi connectivity index (χ0n) is 11.5. The van der Waals surface area contributed by atoms with Gasteiger partial charge < -0.3 is 10.6 Å². The van der Waals surface area contributed by atoms with Crippen molar-refractivity contribution in [1.82, 2.24) is 10.6 Å². The maximum atomic E-state index is 3.68. The van der Waals surface area contributed by atoms with Crippen LogP contribution in [0.1, 0.15) is 31.7 Å². The van der Waals surface area contributed by atoms with Crippen LogP contribution in [0, 0.1) is 5.92 Å². The van der Waals surface area contributed by atoms with E-state index in [1.54, 1.807) is 0 Å². The summed E-state index contributed by atoms with van der Waals surface area (Å²) in [6.45, 7) is 5.82. The first-order valence-electron chi connectivity index (χ1n) is 7.32. The number of rotatable bonds is 6. The minimum Gasteiger partial charge on any atom is -0.315 e. The minimum atomic E-state index is 0.686. The summed E-state index contributed by atoms with van der Waals surface area (Å²) in [4.78, 5) is 0. The predicted octanol–water partition coefficient (Wildman–Crippen LogP) is 2.60. The summed E-state index contributed by atoms with van der Waals surface area (Å²) in [5.74, 6) is 0.820. The molecule has 2 atom stereocenters. The van der Waals surface area contributed by atoms with Crippen LogP contribution in [0.2, 0.25) is 0 Å². The number of hydrogen-bond donors (Lipinski definition) is 2. The minimum absolute atomic E-state index is 0.686. The van der Waals surface area contributed by atoms with Gasteiger partial charge in [0.05, 0.1) is 0 Å². The third kappa shape index (κ3) is 4.79. The summed E-state index contributed by atoms with van der Waals surface area (Å²) in [5.41, 5.74) is 1.46. The smallest absolute Gasteiger partial charge is 0.0195 e. The summed E-state index contributed by atoms with van der Waals surface area (Å²) in [6, 6.07) is 11.5. The van der Waals surface area contributed by atoms with Gasteiger partial charge in [-0.2, -0.15) is 0 Å². The third-order valence-corrected chi connectivity index (χ3v) is 3.74. The molecule has 1 heterocycles. The van der Waals surface area contributed by atoms with Gasteiger partial charge in [0.2, 0.25) is 0 Å². The molecule has 1 fully saturated rings. The molecule has 1 aliphatic rings. The molecule has 2 nitrogen and oxygen atoms in total. The first kappa shape index (κ1) is 13.6. The molecule has 2 unspecified atom stereocenters. The molecule has 1 saturated heterocycles. The lowest BCUT2D eigenvalue weighted by molar-refractivity contribution is 0.319. The van der Waals surface area contributed by atoms with Gasteiger partial charge in [0, 0.05) is 12.6 Å². The van der Waals surface area contributed by atoms with Gasteiger partial charge in [-0.3, -0.25) is 0 Å². The molecule has 1 aliphatic heterocycles. The number of nitrogens with one attached hydrogen (secondary N) is 2. The van der Waals surface area contributed by atoms with Crippen molar-refractivity contribution in [3.63, 3.8) is 0 Å². The normalized spacial score (nSPS) is 24.1. The fourth-order valence-corrected chi connectivity index (χ4v) is 2.72. The van der Waals surface area contributed by atoms with E-state index in [-0.39, 0.29) is 0 Å². The highest BCUT2D eigenvalue weighted by molar-refractivity contribution is 5.14. The van der Waals surface area contributed by atoms with Gasteiger partial charge in [0.25, 0.3) is 0 Å².